The highest BCUT2D eigenvalue weighted by Crippen LogP contribution is 2.08. The van der Waals surface area contributed by atoms with Crippen LogP contribution in [0.3, 0.4) is 0 Å². The van der Waals surface area contributed by atoms with Crippen molar-refractivity contribution >= 4 is 11.9 Å². The molecule has 0 aromatic rings. The molecule has 0 aliphatic carbocycles. The van der Waals surface area contributed by atoms with Crippen molar-refractivity contribution in [2.75, 3.05) is 14.2 Å². The number of amides is 1. The Morgan fingerprint density at radius 2 is 1.82 bits per heavy atom. The molecule has 1 amide bonds. The second kappa shape index (κ2) is 6.59. The molecule has 0 saturated heterocycles. The number of rotatable bonds is 6. The zero-order valence-electron chi connectivity index (χ0n) is 11.6. The Morgan fingerprint density at radius 3 is 2.18 bits per heavy atom. The van der Waals surface area contributed by atoms with Gasteiger partial charge in [-0.25, -0.2) is 4.79 Å². The van der Waals surface area contributed by atoms with E-state index in [-0.39, 0.29) is 5.91 Å². The third-order valence-electron chi connectivity index (χ3n) is 2.69. The van der Waals surface area contributed by atoms with Crippen LogP contribution in [0.2, 0.25) is 0 Å². The summed E-state index contributed by atoms with van der Waals surface area (Å²) >= 11 is 0. The number of methoxy groups -OCH3 is 1. The van der Waals surface area contributed by atoms with E-state index in [1.807, 2.05) is 13.8 Å². The van der Waals surface area contributed by atoms with Crippen LogP contribution in [-0.2, 0) is 14.3 Å². The van der Waals surface area contributed by atoms with E-state index >= 15 is 0 Å². The average Bonchev–Trinajstić information content (AvgIpc) is 2.26. The molecule has 0 fully saturated rings. The first-order chi connectivity index (χ1) is 7.74. The Balaban J connectivity index is 4.64. The molecule has 0 aliphatic rings. The van der Waals surface area contributed by atoms with Crippen LogP contribution in [0.1, 0.15) is 34.1 Å². The van der Waals surface area contributed by atoms with Crippen molar-refractivity contribution in [3.05, 3.63) is 0 Å². The molecule has 0 radical (unpaired) electrons. The molecule has 0 aromatic carbocycles. The van der Waals surface area contributed by atoms with Crippen LogP contribution < -0.4 is 10.6 Å². The second-order valence-corrected chi connectivity index (χ2v) is 5.05. The fourth-order valence-electron chi connectivity index (χ4n) is 1.28. The summed E-state index contributed by atoms with van der Waals surface area (Å²) in [6.45, 7) is 7.49. The summed E-state index contributed by atoms with van der Waals surface area (Å²) in [4.78, 5) is 23.5. The minimum Gasteiger partial charge on any atom is -0.467 e. The predicted molar refractivity (Wildman–Crippen MR) is 66.5 cm³/mol. The molecule has 5 heteroatoms. The molecular formula is C12H24N2O3. The molecule has 0 heterocycles. The molecule has 0 spiro atoms. The van der Waals surface area contributed by atoms with Crippen molar-refractivity contribution in [2.45, 2.75) is 45.7 Å². The highest BCUT2D eigenvalue weighted by molar-refractivity contribution is 5.89. The third-order valence-corrected chi connectivity index (χ3v) is 2.69. The van der Waals surface area contributed by atoms with E-state index in [2.05, 4.69) is 15.4 Å². The first kappa shape index (κ1) is 15.9. The van der Waals surface area contributed by atoms with Gasteiger partial charge in [0.05, 0.1) is 12.6 Å². The molecule has 0 saturated carbocycles. The standard InChI is InChI=1S/C12H24N2O3/c1-8(2)7-9(10(15)17-6)14-11(16)12(3,4)13-5/h8-9,13H,7H2,1-6H3,(H,14,16)/t9-/m0/s1. The molecule has 0 aliphatic heterocycles. The van der Waals surface area contributed by atoms with Gasteiger partial charge in [-0.2, -0.15) is 0 Å². The Labute approximate surface area is 103 Å². The van der Waals surface area contributed by atoms with Gasteiger partial charge in [0, 0.05) is 0 Å². The minimum absolute atomic E-state index is 0.212. The maximum Gasteiger partial charge on any atom is 0.328 e. The first-order valence-electron chi connectivity index (χ1n) is 5.82. The summed E-state index contributed by atoms with van der Waals surface area (Å²) in [5.41, 5.74) is -0.705. The zero-order chi connectivity index (χ0) is 13.6. The van der Waals surface area contributed by atoms with Crippen LogP contribution in [0, 0.1) is 5.92 Å². The van der Waals surface area contributed by atoms with E-state index in [1.54, 1.807) is 20.9 Å². The molecule has 0 unspecified atom stereocenters. The molecule has 100 valence electrons. The number of likely N-dealkylation sites (N-methyl/N-ethyl adjacent to an activating group) is 1. The first-order valence-corrected chi connectivity index (χ1v) is 5.82. The maximum absolute atomic E-state index is 11.9. The average molecular weight is 244 g/mol. The van der Waals surface area contributed by atoms with Crippen molar-refractivity contribution < 1.29 is 14.3 Å². The van der Waals surface area contributed by atoms with E-state index in [9.17, 15) is 9.59 Å². The fraction of sp³-hybridized carbons (Fsp3) is 0.833. The van der Waals surface area contributed by atoms with Gasteiger partial charge in [0.15, 0.2) is 0 Å². The van der Waals surface area contributed by atoms with Gasteiger partial charge in [-0.3, -0.25) is 4.79 Å². The fourth-order valence-corrected chi connectivity index (χ4v) is 1.28. The number of carbonyl (C=O) groups excluding carboxylic acids is 2. The van der Waals surface area contributed by atoms with E-state index < -0.39 is 17.6 Å². The summed E-state index contributed by atoms with van der Waals surface area (Å²) in [5, 5.41) is 5.61. The topological polar surface area (TPSA) is 67.4 Å². The highest BCUT2D eigenvalue weighted by Gasteiger charge is 2.30. The molecule has 0 aromatic heterocycles. The van der Waals surface area contributed by atoms with Gasteiger partial charge in [-0.15, -0.1) is 0 Å². The Kier molecular flexibility index (Phi) is 6.16. The van der Waals surface area contributed by atoms with E-state index in [0.717, 1.165) is 0 Å². The Bertz CT molecular complexity index is 275. The quantitative estimate of drug-likeness (QED) is 0.675. The predicted octanol–water partition coefficient (Wildman–Crippen LogP) is 0.688. The monoisotopic (exact) mass is 244 g/mol. The van der Waals surface area contributed by atoms with Gasteiger partial charge in [0.25, 0.3) is 0 Å². The molecule has 0 bridgehead atoms. The second-order valence-electron chi connectivity index (χ2n) is 5.05. The molecule has 17 heavy (non-hydrogen) atoms. The maximum atomic E-state index is 11.9. The SMILES string of the molecule is CNC(C)(C)C(=O)N[C@@H](CC(C)C)C(=O)OC. The Hall–Kier alpha value is -1.10. The summed E-state index contributed by atoms with van der Waals surface area (Å²) in [7, 11) is 3.03. The van der Waals surface area contributed by atoms with Crippen molar-refractivity contribution in [3.63, 3.8) is 0 Å². The van der Waals surface area contributed by atoms with Gasteiger partial charge >= 0.3 is 5.97 Å². The lowest BCUT2D eigenvalue weighted by molar-refractivity contribution is -0.146. The lowest BCUT2D eigenvalue weighted by Crippen LogP contribution is -2.55. The number of carbonyl (C=O) groups is 2. The van der Waals surface area contributed by atoms with E-state index in [0.29, 0.717) is 12.3 Å². The lowest BCUT2D eigenvalue weighted by atomic mass is 10.0. The summed E-state index contributed by atoms with van der Waals surface area (Å²) in [6.07, 6.45) is 0.568. The smallest absolute Gasteiger partial charge is 0.328 e. The van der Waals surface area contributed by atoms with Crippen LogP contribution in [-0.4, -0.2) is 37.6 Å². The number of nitrogens with one attached hydrogen (secondary N) is 2. The summed E-state index contributed by atoms with van der Waals surface area (Å²) in [5.74, 6) is -0.313. The van der Waals surface area contributed by atoms with Crippen molar-refractivity contribution in [3.8, 4) is 0 Å². The highest BCUT2D eigenvalue weighted by atomic mass is 16.5. The van der Waals surface area contributed by atoms with Gasteiger partial charge in [0.2, 0.25) is 5.91 Å². The third kappa shape index (κ3) is 5.17. The largest absolute Gasteiger partial charge is 0.467 e. The minimum atomic E-state index is -0.705. The van der Waals surface area contributed by atoms with Crippen LogP contribution in [0.15, 0.2) is 0 Å². The normalized spacial score (nSPS) is 13.4. The van der Waals surface area contributed by atoms with E-state index in [4.69, 9.17) is 0 Å². The van der Waals surface area contributed by atoms with Gasteiger partial charge < -0.3 is 15.4 Å². The van der Waals surface area contributed by atoms with E-state index in [1.165, 1.54) is 7.11 Å². The number of ether oxygens (including phenoxy) is 1. The van der Waals surface area contributed by atoms with Gasteiger partial charge in [-0.1, -0.05) is 13.8 Å². The summed E-state index contributed by atoms with van der Waals surface area (Å²) in [6, 6.07) is -0.583. The van der Waals surface area contributed by atoms with Crippen molar-refractivity contribution in [2.24, 2.45) is 5.92 Å². The summed E-state index contributed by atoms with van der Waals surface area (Å²) < 4.78 is 4.69. The van der Waals surface area contributed by atoms with Crippen LogP contribution in [0.5, 0.6) is 0 Å². The van der Waals surface area contributed by atoms with Crippen LogP contribution in [0.4, 0.5) is 0 Å². The molecule has 1 atom stereocenters. The number of hydrogen-bond acceptors (Lipinski definition) is 4. The van der Waals surface area contributed by atoms with Gasteiger partial charge in [-0.05, 0) is 33.2 Å². The molecule has 2 N–H and O–H groups in total. The molecular weight excluding hydrogens is 220 g/mol. The van der Waals surface area contributed by atoms with Crippen molar-refractivity contribution in [1.82, 2.24) is 10.6 Å². The van der Waals surface area contributed by atoms with Gasteiger partial charge in [0.1, 0.15) is 6.04 Å². The molecule has 5 nitrogen and oxygen atoms in total. The number of hydrogen-bond donors (Lipinski definition) is 2. The van der Waals surface area contributed by atoms with Crippen molar-refractivity contribution in [1.29, 1.82) is 0 Å². The van der Waals surface area contributed by atoms with Crippen LogP contribution >= 0.6 is 0 Å². The lowest BCUT2D eigenvalue weighted by Gasteiger charge is -2.26. The number of esters is 1. The molecule has 0 rings (SSSR count). The zero-order valence-corrected chi connectivity index (χ0v) is 11.6. The van der Waals surface area contributed by atoms with Crippen LogP contribution in [0.25, 0.3) is 0 Å². The Morgan fingerprint density at radius 1 is 1.29 bits per heavy atom.